The maximum atomic E-state index is 14.7. The lowest BCUT2D eigenvalue weighted by atomic mass is 10.1. The summed E-state index contributed by atoms with van der Waals surface area (Å²) in [6.45, 7) is -0.0265. The minimum absolute atomic E-state index is 0.0265. The number of methoxy groups -OCH3 is 1. The molecule has 0 amide bonds. The molecule has 1 heterocycles. The number of nitrogens with two attached hydrogens (primary N) is 1. The number of esters is 1. The summed E-state index contributed by atoms with van der Waals surface area (Å²) in [5.41, 5.74) is 6.55. The molecule has 3 rings (SSSR count). The zero-order chi connectivity index (χ0) is 21.1. The van der Waals surface area contributed by atoms with Gasteiger partial charge in [-0.3, -0.25) is 0 Å². The number of benzene rings is 2. The van der Waals surface area contributed by atoms with Gasteiger partial charge in [0, 0.05) is 10.6 Å². The molecular weight excluding hydrogens is 442 g/mol. The van der Waals surface area contributed by atoms with Gasteiger partial charge in [0.25, 0.3) is 0 Å². The van der Waals surface area contributed by atoms with Gasteiger partial charge in [-0.2, -0.15) is 0 Å². The highest BCUT2D eigenvalue weighted by Gasteiger charge is 2.22. The Hall–Kier alpha value is -2.54. The summed E-state index contributed by atoms with van der Waals surface area (Å²) < 4.78 is 25.0. The molecule has 5 nitrogen and oxygen atoms in total. The van der Waals surface area contributed by atoms with E-state index in [2.05, 4.69) is 4.98 Å². The summed E-state index contributed by atoms with van der Waals surface area (Å²) >= 11 is 17.9. The van der Waals surface area contributed by atoms with Crippen LogP contribution in [0.1, 0.15) is 16.1 Å². The van der Waals surface area contributed by atoms with Gasteiger partial charge < -0.3 is 15.2 Å². The van der Waals surface area contributed by atoms with E-state index >= 15 is 0 Å². The van der Waals surface area contributed by atoms with E-state index in [1.807, 2.05) is 0 Å². The standard InChI is InChI=1S/C20H14Cl3FN2O3/c1-28-19-13(22)7-6-12(17(19)24)15-8-14(25)16(23)18(26-15)20(27)29-9-10-2-4-11(21)5-3-10/h2-8H,9H2,1H3,(H2,25,26). The lowest BCUT2D eigenvalue weighted by Gasteiger charge is -2.12. The number of carbonyl (C=O) groups is 1. The average Bonchev–Trinajstić information content (AvgIpc) is 2.70. The second-order valence-electron chi connectivity index (χ2n) is 5.90. The molecule has 29 heavy (non-hydrogen) atoms. The quantitative estimate of drug-likeness (QED) is 0.492. The highest BCUT2D eigenvalue weighted by Crippen LogP contribution is 2.36. The van der Waals surface area contributed by atoms with E-state index in [4.69, 9.17) is 50.0 Å². The van der Waals surface area contributed by atoms with Crippen molar-refractivity contribution in [2.45, 2.75) is 6.61 Å². The number of hydrogen-bond donors (Lipinski definition) is 1. The van der Waals surface area contributed by atoms with Crippen LogP contribution in [-0.2, 0) is 11.3 Å². The minimum Gasteiger partial charge on any atom is -0.492 e. The lowest BCUT2D eigenvalue weighted by molar-refractivity contribution is 0.0466. The second kappa shape index (κ2) is 8.86. The SMILES string of the molecule is COc1c(Cl)ccc(-c2cc(N)c(Cl)c(C(=O)OCc3ccc(Cl)cc3)n2)c1F. The third-order valence-electron chi connectivity index (χ3n) is 3.99. The number of rotatable bonds is 5. The van der Waals surface area contributed by atoms with Crippen LogP contribution in [0.4, 0.5) is 10.1 Å². The highest BCUT2D eigenvalue weighted by molar-refractivity contribution is 6.35. The molecule has 2 aromatic carbocycles. The van der Waals surface area contributed by atoms with Crippen molar-refractivity contribution in [1.29, 1.82) is 0 Å². The fourth-order valence-corrected chi connectivity index (χ4v) is 3.06. The normalized spacial score (nSPS) is 10.7. The Balaban J connectivity index is 1.93. The van der Waals surface area contributed by atoms with Gasteiger partial charge in [0.2, 0.25) is 0 Å². The van der Waals surface area contributed by atoms with Crippen LogP contribution in [0, 0.1) is 5.82 Å². The number of halogens is 4. The second-order valence-corrected chi connectivity index (χ2v) is 7.13. The summed E-state index contributed by atoms with van der Waals surface area (Å²) in [4.78, 5) is 16.7. The summed E-state index contributed by atoms with van der Waals surface area (Å²) in [5, 5.41) is 0.570. The Kier molecular flexibility index (Phi) is 6.47. The van der Waals surface area contributed by atoms with Crippen molar-refractivity contribution in [3.05, 3.63) is 74.6 Å². The molecule has 0 aliphatic rings. The summed E-state index contributed by atoms with van der Waals surface area (Å²) in [5.74, 6) is -1.69. The lowest BCUT2D eigenvalue weighted by Crippen LogP contribution is -2.10. The van der Waals surface area contributed by atoms with E-state index in [-0.39, 0.29) is 45.0 Å². The van der Waals surface area contributed by atoms with Gasteiger partial charge in [-0.05, 0) is 35.9 Å². The predicted octanol–water partition coefficient (Wildman–Crippen LogP) is 5.80. The van der Waals surface area contributed by atoms with Gasteiger partial charge in [-0.25, -0.2) is 14.2 Å². The van der Waals surface area contributed by atoms with Crippen LogP contribution >= 0.6 is 34.8 Å². The van der Waals surface area contributed by atoms with Crippen molar-refractivity contribution in [1.82, 2.24) is 4.98 Å². The predicted molar refractivity (Wildman–Crippen MR) is 111 cm³/mol. The molecule has 0 aliphatic heterocycles. The number of nitrogen functional groups attached to an aromatic ring is 1. The number of carbonyl (C=O) groups excluding carboxylic acids is 1. The fraction of sp³-hybridized carbons (Fsp3) is 0.100. The number of pyridine rings is 1. The van der Waals surface area contributed by atoms with Crippen LogP contribution in [-0.4, -0.2) is 18.1 Å². The van der Waals surface area contributed by atoms with Crippen molar-refractivity contribution < 1.29 is 18.7 Å². The van der Waals surface area contributed by atoms with Crippen LogP contribution in [0.5, 0.6) is 5.75 Å². The molecular formula is C20H14Cl3FN2O3. The van der Waals surface area contributed by atoms with Crippen LogP contribution in [0.3, 0.4) is 0 Å². The average molecular weight is 456 g/mol. The first kappa shape index (κ1) is 21.2. The van der Waals surface area contributed by atoms with Gasteiger partial charge in [0.1, 0.15) is 6.61 Å². The topological polar surface area (TPSA) is 74.4 Å². The molecule has 0 saturated heterocycles. The Labute approximate surface area is 181 Å². The molecule has 0 fully saturated rings. The van der Waals surface area contributed by atoms with E-state index in [1.54, 1.807) is 24.3 Å². The molecule has 0 aliphatic carbocycles. The van der Waals surface area contributed by atoms with E-state index in [0.717, 1.165) is 5.56 Å². The summed E-state index contributed by atoms with van der Waals surface area (Å²) in [7, 11) is 1.29. The van der Waals surface area contributed by atoms with E-state index in [9.17, 15) is 9.18 Å². The third-order valence-corrected chi connectivity index (χ3v) is 4.94. The minimum atomic E-state index is -0.806. The van der Waals surface area contributed by atoms with Crippen molar-refractivity contribution >= 4 is 46.5 Å². The number of aromatic nitrogens is 1. The monoisotopic (exact) mass is 454 g/mol. The molecule has 1 aromatic heterocycles. The van der Waals surface area contributed by atoms with Gasteiger partial charge in [0.05, 0.1) is 28.5 Å². The van der Waals surface area contributed by atoms with Crippen molar-refractivity contribution in [3.63, 3.8) is 0 Å². The van der Waals surface area contributed by atoms with Crippen LogP contribution in [0.2, 0.25) is 15.1 Å². The van der Waals surface area contributed by atoms with Crippen LogP contribution < -0.4 is 10.5 Å². The molecule has 0 saturated carbocycles. The highest BCUT2D eigenvalue weighted by atomic mass is 35.5. The zero-order valence-electron chi connectivity index (χ0n) is 15.0. The fourth-order valence-electron chi connectivity index (χ4n) is 2.54. The Morgan fingerprint density at radius 3 is 2.48 bits per heavy atom. The van der Waals surface area contributed by atoms with Crippen molar-refractivity contribution in [3.8, 4) is 17.0 Å². The molecule has 2 N–H and O–H groups in total. The number of ether oxygens (including phenoxy) is 2. The van der Waals surface area contributed by atoms with Crippen LogP contribution in [0.25, 0.3) is 11.3 Å². The van der Waals surface area contributed by atoms with Gasteiger partial charge in [0.15, 0.2) is 17.3 Å². The van der Waals surface area contributed by atoms with Crippen LogP contribution in [0.15, 0.2) is 42.5 Å². The molecule has 0 bridgehead atoms. The molecule has 9 heteroatoms. The summed E-state index contributed by atoms with van der Waals surface area (Å²) in [6, 6.07) is 11.0. The first-order chi connectivity index (χ1) is 13.8. The largest absolute Gasteiger partial charge is 0.492 e. The smallest absolute Gasteiger partial charge is 0.358 e. The Morgan fingerprint density at radius 2 is 1.83 bits per heavy atom. The number of hydrogen-bond acceptors (Lipinski definition) is 5. The number of nitrogens with zero attached hydrogens (tertiary/aromatic N) is 1. The molecule has 0 radical (unpaired) electrons. The zero-order valence-corrected chi connectivity index (χ0v) is 17.3. The van der Waals surface area contributed by atoms with Crippen molar-refractivity contribution in [2.75, 3.05) is 12.8 Å². The first-order valence-corrected chi connectivity index (χ1v) is 9.35. The maximum absolute atomic E-state index is 14.7. The Bertz CT molecular complexity index is 1080. The van der Waals surface area contributed by atoms with Gasteiger partial charge in [-0.1, -0.05) is 46.9 Å². The van der Waals surface area contributed by atoms with Gasteiger partial charge >= 0.3 is 5.97 Å². The van der Waals surface area contributed by atoms with Gasteiger partial charge in [-0.15, -0.1) is 0 Å². The van der Waals surface area contributed by atoms with E-state index in [0.29, 0.717) is 5.02 Å². The van der Waals surface area contributed by atoms with Crippen molar-refractivity contribution in [2.24, 2.45) is 0 Å². The third kappa shape index (κ3) is 4.56. The number of anilines is 1. The molecule has 0 spiro atoms. The molecule has 0 atom stereocenters. The van der Waals surface area contributed by atoms with E-state index < -0.39 is 11.8 Å². The Morgan fingerprint density at radius 1 is 1.14 bits per heavy atom. The maximum Gasteiger partial charge on any atom is 0.358 e. The molecule has 3 aromatic rings. The summed E-state index contributed by atoms with van der Waals surface area (Å²) in [6.07, 6.45) is 0. The van der Waals surface area contributed by atoms with E-state index in [1.165, 1.54) is 25.3 Å². The molecule has 150 valence electrons. The molecule has 0 unspecified atom stereocenters. The first-order valence-electron chi connectivity index (χ1n) is 8.21.